The second-order valence-corrected chi connectivity index (χ2v) is 6.08. The standard InChI is InChI=1S/C17H25FN2O2/c1-13(2)20-10-8-14(9-11-20)19(3)17(21)12-22-16-7-5-4-6-15(16)18/h4-7,13-14H,8-12H2,1-3H3. The van der Waals surface area contributed by atoms with Crippen LogP contribution in [0, 0.1) is 5.82 Å². The lowest BCUT2D eigenvalue weighted by atomic mass is 10.0. The normalized spacial score (nSPS) is 16.8. The average Bonchev–Trinajstić information content (AvgIpc) is 2.53. The summed E-state index contributed by atoms with van der Waals surface area (Å²) in [5.41, 5.74) is 0. The van der Waals surface area contributed by atoms with Crippen LogP contribution in [0.5, 0.6) is 5.75 Å². The molecular formula is C17H25FN2O2. The summed E-state index contributed by atoms with van der Waals surface area (Å²) in [6, 6.07) is 6.93. The van der Waals surface area contributed by atoms with Crippen LogP contribution in [0.4, 0.5) is 4.39 Å². The summed E-state index contributed by atoms with van der Waals surface area (Å²) < 4.78 is 18.8. The van der Waals surface area contributed by atoms with Crippen LogP contribution in [0.15, 0.2) is 24.3 Å². The van der Waals surface area contributed by atoms with E-state index in [0.29, 0.717) is 6.04 Å². The molecule has 4 nitrogen and oxygen atoms in total. The summed E-state index contributed by atoms with van der Waals surface area (Å²) >= 11 is 0. The molecule has 5 heteroatoms. The molecule has 1 aliphatic rings. The molecule has 0 spiro atoms. The van der Waals surface area contributed by atoms with Crippen molar-refractivity contribution in [3.8, 4) is 5.75 Å². The number of likely N-dealkylation sites (tertiary alicyclic amines) is 1. The number of likely N-dealkylation sites (N-methyl/N-ethyl adjacent to an activating group) is 1. The molecule has 1 fully saturated rings. The van der Waals surface area contributed by atoms with Gasteiger partial charge in [-0.1, -0.05) is 12.1 Å². The van der Waals surface area contributed by atoms with Crippen molar-refractivity contribution in [3.63, 3.8) is 0 Å². The average molecular weight is 308 g/mol. The third-order valence-electron chi connectivity index (χ3n) is 4.36. The third kappa shape index (κ3) is 4.19. The van der Waals surface area contributed by atoms with Gasteiger partial charge in [-0.3, -0.25) is 4.79 Å². The Kier molecular flexibility index (Phi) is 5.77. The topological polar surface area (TPSA) is 32.8 Å². The highest BCUT2D eigenvalue weighted by molar-refractivity contribution is 5.77. The second-order valence-electron chi connectivity index (χ2n) is 6.08. The monoisotopic (exact) mass is 308 g/mol. The van der Waals surface area contributed by atoms with Crippen LogP contribution in [0.25, 0.3) is 0 Å². The highest BCUT2D eigenvalue weighted by Crippen LogP contribution is 2.18. The third-order valence-corrected chi connectivity index (χ3v) is 4.36. The number of halogens is 1. The Labute approximate surface area is 131 Å². The van der Waals surface area contributed by atoms with E-state index in [1.807, 2.05) is 7.05 Å². The summed E-state index contributed by atoms with van der Waals surface area (Å²) in [6.07, 6.45) is 1.94. The van der Waals surface area contributed by atoms with Gasteiger partial charge >= 0.3 is 0 Å². The van der Waals surface area contributed by atoms with Crippen molar-refractivity contribution >= 4 is 5.91 Å². The minimum Gasteiger partial charge on any atom is -0.481 e. The molecule has 0 unspecified atom stereocenters. The minimum atomic E-state index is -0.441. The maximum atomic E-state index is 13.5. The van der Waals surface area contributed by atoms with E-state index in [0.717, 1.165) is 25.9 Å². The zero-order valence-corrected chi connectivity index (χ0v) is 13.6. The van der Waals surface area contributed by atoms with Gasteiger partial charge in [0, 0.05) is 32.2 Å². The molecule has 1 aromatic rings. The number of nitrogens with zero attached hydrogens (tertiary/aromatic N) is 2. The van der Waals surface area contributed by atoms with Crippen molar-refractivity contribution in [3.05, 3.63) is 30.1 Å². The molecule has 1 heterocycles. The number of hydrogen-bond donors (Lipinski definition) is 0. The number of piperidine rings is 1. The Bertz CT molecular complexity index is 499. The maximum Gasteiger partial charge on any atom is 0.260 e. The Hall–Kier alpha value is -1.62. The molecule has 0 saturated carbocycles. The van der Waals surface area contributed by atoms with Crippen molar-refractivity contribution in [2.75, 3.05) is 26.7 Å². The van der Waals surface area contributed by atoms with Crippen molar-refractivity contribution in [1.82, 2.24) is 9.80 Å². The molecule has 1 aromatic carbocycles. The number of hydrogen-bond acceptors (Lipinski definition) is 3. The van der Waals surface area contributed by atoms with Gasteiger partial charge in [0.25, 0.3) is 5.91 Å². The first-order chi connectivity index (χ1) is 10.5. The van der Waals surface area contributed by atoms with E-state index in [1.54, 1.807) is 17.0 Å². The van der Waals surface area contributed by atoms with E-state index in [4.69, 9.17) is 4.74 Å². The van der Waals surface area contributed by atoms with Crippen molar-refractivity contribution in [2.45, 2.75) is 38.8 Å². The van der Waals surface area contributed by atoms with E-state index in [9.17, 15) is 9.18 Å². The fourth-order valence-electron chi connectivity index (χ4n) is 2.80. The maximum absolute atomic E-state index is 13.5. The second kappa shape index (κ2) is 7.58. The van der Waals surface area contributed by atoms with Gasteiger partial charge in [-0.15, -0.1) is 0 Å². The molecule has 2 rings (SSSR count). The number of para-hydroxylation sites is 1. The van der Waals surface area contributed by atoms with Crippen molar-refractivity contribution < 1.29 is 13.9 Å². The first-order valence-electron chi connectivity index (χ1n) is 7.86. The van der Waals surface area contributed by atoms with Gasteiger partial charge < -0.3 is 14.5 Å². The van der Waals surface area contributed by atoms with Gasteiger partial charge in [0.05, 0.1) is 0 Å². The van der Waals surface area contributed by atoms with E-state index in [1.165, 1.54) is 12.1 Å². The van der Waals surface area contributed by atoms with Crippen LogP contribution < -0.4 is 4.74 Å². The van der Waals surface area contributed by atoms with Crippen LogP contribution in [0.3, 0.4) is 0 Å². The van der Waals surface area contributed by atoms with Crippen LogP contribution in [0.2, 0.25) is 0 Å². The quantitative estimate of drug-likeness (QED) is 0.838. The molecule has 0 N–H and O–H groups in total. The van der Waals surface area contributed by atoms with Crippen LogP contribution in [-0.2, 0) is 4.79 Å². The lowest BCUT2D eigenvalue weighted by Gasteiger charge is -2.38. The Morgan fingerprint density at radius 1 is 1.36 bits per heavy atom. The van der Waals surface area contributed by atoms with Crippen molar-refractivity contribution in [1.29, 1.82) is 0 Å². The molecule has 122 valence electrons. The summed E-state index contributed by atoms with van der Waals surface area (Å²) in [5, 5.41) is 0. The number of ether oxygens (including phenoxy) is 1. The van der Waals surface area contributed by atoms with Gasteiger partial charge in [-0.25, -0.2) is 4.39 Å². The van der Waals surface area contributed by atoms with E-state index < -0.39 is 5.82 Å². The van der Waals surface area contributed by atoms with Crippen LogP contribution in [-0.4, -0.2) is 54.5 Å². The molecule has 1 amide bonds. The summed E-state index contributed by atoms with van der Waals surface area (Å²) in [4.78, 5) is 16.4. The Balaban J connectivity index is 1.81. The molecule has 0 bridgehead atoms. The number of rotatable bonds is 5. The SMILES string of the molecule is CC(C)N1CCC(N(C)C(=O)COc2ccccc2F)CC1. The highest BCUT2D eigenvalue weighted by atomic mass is 19.1. The molecular weight excluding hydrogens is 283 g/mol. The first-order valence-corrected chi connectivity index (χ1v) is 7.86. The lowest BCUT2D eigenvalue weighted by molar-refractivity contribution is -0.135. The number of benzene rings is 1. The Morgan fingerprint density at radius 2 is 2.00 bits per heavy atom. The van der Waals surface area contributed by atoms with Gasteiger partial charge in [-0.05, 0) is 38.8 Å². The predicted octanol–water partition coefficient (Wildman–Crippen LogP) is 2.54. The summed E-state index contributed by atoms with van der Waals surface area (Å²) in [5.74, 6) is -0.423. The highest BCUT2D eigenvalue weighted by Gasteiger charge is 2.26. The van der Waals surface area contributed by atoms with Gasteiger partial charge in [0.15, 0.2) is 18.2 Å². The predicted molar refractivity (Wildman–Crippen MR) is 84.4 cm³/mol. The zero-order chi connectivity index (χ0) is 16.1. The molecule has 1 saturated heterocycles. The minimum absolute atomic E-state index is 0.105. The molecule has 22 heavy (non-hydrogen) atoms. The Morgan fingerprint density at radius 3 is 2.59 bits per heavy atom. The van der Waals surface area contributed by atoms with E-state index in [2.05, 4.69) is 18.7 Å². The number of amides is 1. The van der Waals surface area contributed by atoms with Gasteiger partial charge in [-0.2, -0.15) is 0 Å². The largest absolute Gasteiger partial charge is 0.481 e. The van der Waals surface area contributed by atoms with E-state index in [-0.39, 0.29) is 24.3 Å². The lowest BCUT2D eigenvalue weighted by Crippen LogP contribution is -2.48. The smallest absolute Gasteiger partial charge is 0.260 e. The first kappa shape index (κ1) is 16.7. The number of carbonyl (C=O) groups is 1. The molecule has 0 aliphatic carbocycles. The van der Waals surface area contributed by atoms with Crippen LogP contribution >= 0.6 is 0 Å². The summed E-state index contributed by atoms with van der Waals surface area (Å²) in [6.45, 7) is 6.28. The van der Waals surface area contributed by atoms with E-state index >= 15 is 0 Å². The van der Waals surface area contributed by atoms with Crippen LogP contribution in [0.1, 0.15) is 26.7 Å². The molecule has 0 aromatic heterocycles. The van der Waals surface area contributed by atoms with Gasteiger partial charge in [0.1, 0.15) is 0 Å². The molecule has 1 aliphatic heterocycles. The molecule has 0 atom stereocenters. The summed E-state index contributed by atoms with van der Waals surface area (Å²) in [7, 11) is 1.81. The zero-order valence-electron chi connectivity index (χ0n) is 13.6. The fourth-order valence-corrected chi connectivity index (χ4v) is 2.80. The fraction of sp³-hybridized carbons (Fsp3) is 0.588. The van der Waals surface area contributed by atoms with Crippen molar-refractivity contribution in [2.24, 2.45) is 0 Å². The molecule has 0 radical (unpaired) electrons. The number of carbonyl (C=O) groups excluding carboxylic acids is 1. The van der Waals surface area contributed by atoms with Gasteiger partial charge in [0.2, 0.25) is 0 Å².